The molecular weight excluding hydrogens is 262 g/mol. The van der Waals surface area contributed by atoms with E-state index in [2.05, 4.69) is 12.1 Å². The van der Waals surface area contributed by atoms with Crippen LogP contribution in [0.15, 0.2) is 65.6 Å². The maximum Gasteiger partial charge on any atom is 0.258 e. The van der Waals surface area contributed by atoms with Crippen molar-refractivity contribution in [2.45, 2.75) is 19.4 Å². The van der Waals surface area contributed by atoms with Gasteiger partial charge >= 0.3 is 0 Å². The van der Waals surface area contributed by atoms with E-state index >= 15 is 0 Å². The van der Waals surface area contributed by atoms with Crippen LogP contribution in [0.4, 0.5) is 0 Å². The van der Waals surface area contributed by atoms with Crippen molar-refractivity contribution in [3.8, 4) is 5.75 Å². The molecule has 1 N–H and O–H groups in total. The van der Waals surface area contributed by atoms with E-state index < -0.39 is 0 Å². The second kappa shape index (κ2) is 5.83. The van der Waals surface area contributed by atoms with Gasteiger partial charge in [-0.25, -0.2) is 0 Å². The Balaban J connectivity index is 1.77. The fraction of sp³-hybridized carbons (Fsp3) is 0.167. The summed E-state index contributed by atoms with van der Waals surface area (Å²) in [5.41, 5.74) is 1.29. The van der Waals surface area contributed by atoms with Crippen molar-refractivity contribution in [3.05, 3.63) is 76.7 Å². The van der Waals surface area contributed by atoms with Gasteiger partial charge in [0.25, 0.3) is 5.56 Å². The summed E-state index contributed by atoms with van der Waals surface area (Å²) in [6, 6.07) is 17.0. The first-order valence-electron chi connectivity index (χ1n) is 7.10. The third kappa shape index (κ3) is 2.97. The van der Waals surface area contributed by atoms with Gasteiger partial charge in [0.05, 0.1) is 0 Å². The summed E-state index contributed by atoms with van der Waals surface area (Å²) >= 11 is 0. The van der Waals surface area contributed by atoms with Gasteiger partial charge in [0, 0.05) is 18.1 Å². The Morgan fingerprint density at radius 3 is 2.62 bits per heavy atom. The second-order valence-electron chi connectivity index (χ2n) is 5.17. The van der Waals surface area contributed by atoms with E-state index in [9.17, 15) is 9.90 Å². The molecule has 3 heteroatoms. The maximum atomic E-state index is 12.4. The smallest absolute Gasteiger partial charge is 0.258 e. The fourth-order valence-corrected chi connectivity index (χ4v) is 2.55. The van der Waals surface area contributed by atoms with Crippen LogP contribution in [0.25, 0.3) is 10.8 Å². The largest absolute Gasteiger partial charge is 0.508 e. The topological polar surface area (TPSA) is 42.2 Å². The lowest BCUT2D eigenvalue weighted by Crippen LogP contribution is -2.19. The number of hydrogen-bond acceptors (Lipinski definition) is 2. The van der Waals surface area contributed by atoms with Gasteiger partial charge in [0.15, 0.2) is 0 Å². The van der Waals surface area contributed by atoms with Crippen LogP contribution in [0.3, 0.4) is 0 Å². The molecule has 21 heavy (non-hydrogen) atoms. The van der Waals surface area contributed by atoms with Gasteiger partial charge in [-0.1, -0.05) is 30.3 Å². The third-order valence-corrected chi connectivity index (χ3v) is 3.67. The maximum absolute atomic E-state index is 12.4. The van der Waals surface area contributed by atoms with Gasteiger partial charge in [-0.05, 0) is 48.1 Å². The predicted octanol–water partition coefficient (Wildman–Crippen LogP) is 3.34. The van der Waals surface area contributed by atoms with Crippen molar-refractivity contribution in [2.24, 2.45) is 0 Å². The fourth-order valence-electron chi connectivity index (χ4n) is 2.55. The monoisotopic (exact) mass is 279 g/mol. The first-order chi connectivity index (χ1) is 10.2. The average molecular weight is 279 g/mol. The zero-order chi connectivity index (χ0) is 14.7. The summed E-state index contributed by atoms with van der Waals surface area (Å²) in [6.07, 6.45) is 3.68. The molecule has 0 bridgehead atoms. The minimum Gasteiger partial charge on any atom is -0.508 e. The molecule has 0 saturated carbocycles. The Bertz CT molecular complexity index is 806. The molecule has 106 valence electrons. The van der Waals surface area contributed by atoms with Crippen LogP contribution >= 0.6 is 0 Å². The standard InChI is InChI=1S/C18H17NO2/c20-16-8-9-17-15(13-16)10-12-19(18(17)21)11-4-7-14-5-2-1-3-6-14/h1-3,5-6,8-10,12-13,20H,4,7,11H2. The first kappa shape index (κ1) is 13.4. The van der Waals surface area contributed by atoms with E-state index in [0.29, 0.717) is 11.9 Å². The quantitative estimate of drug-likeness (QED) is 0.796. The lowest BCUT2D eigenvalue weighted by Gasteiger charge is -2.07. The van der Waals surface area contributed by atoms with E-state index in [1.807, 2.05) is 24.3 Å². The van der Waals surface area contributed by atoms with Crippen LogP contribution in [0.1, 0.15) is 12.0 Å². The summed E-state index contributed by atoms with van der Waals surface area (Å²) in [6.45, 7) is 0.699. The molecule has 1 heterocycles. The Morgan fingerprint density at radius 2 is 1.81 bits per heavy atom. The number of phenols is 1. The molecule has 0 unspecified atom stereocenters. The Labute approximate surface area is 123 Å². The molecule has 0 amide bonds. The van der Waals surface area contributed by atoms with Crippen molar-refractivity contribution in [3.63, 3.8) is 0 Å². The molecule has 0 fully saturated rings. The molecule has 1 aromatic heterocycles. The number of phenolic OH excluding ortho intramolecular Hbond substituents is 1. The van der Waals surface area contributed by atoms with E-state index in [-0.39, 0.29) is 11.3 Å². The molecule has 3 aromatic rings. The Hall–Kier alpha value is -2.55. The van der Waals surface area contributed by atoms with Gasteiger partial charge in [0.2, 0.25) is 0 Å². The third-order valence-electron chi connectivity index (χ3n) is 3.67. The van der Waals surface area contributed by atoms with Crippen LogP contribution < -0.4 is 5.56 Å². The summed E-state index contributed by atoms with van der Waals surface area (Å²) in [5, 5.41) is 10.9. The summed E-state index contributed by atoms with van der Waals surface area (Å²) < 4.78 is 1.74. The van der Waals surface area contributed by atoms with Gasteiger partial charge in [-0.3, -0.25) is 4.79 Å². The molecule has 0 radical (unpaired) electrons. The van der Waals surface area contributed by atoms with Crippen LogP contribution in [-0.2, 0) is 13.0 Å². The van der Waals surface area contributed by atoms with Gasteiger partial charge in [-0.2, -0.15) is 0 Å². The number of aromatic hydroxyl groups is 1. The molecule has 3 rings (SSSR count). The SMILES string of the molecule is O=c1c2ccc(O)cc2ccn1CCCc1ccccc1. The minimum atomic E-state index is 0.000520. The van der Waals surface area contributed by atoms with E-state index in [1.165, 1.54) is 5.56 Å². The zero-order valence-corrected chi connectivity index (χ0v) is 11.7. The van der Waals surface area contributed by atoms with Crippen molar-refractivity contribution in [1.82, 2.24) is 4.57 Å². The van der Waals surface area contributed by atoms with Crippen LogP contribution in [-0.4, -0.2) is 9.67 Å². The molecular formula is C18H17NO2. The molecule has 3 nitrogen and oxygen atoms in total. The lowest BCUT2D eigenvalue weighted by atomic mass is 10.1. The normalized spacial score (nSPS) is 10.9. The highest BCUT2D eigenvalue weighted by Gasteiger charge is 2.03. The number of hydrogen-bond donors (Lipinski definition) is 1. The number of benzene rings is 2. The molecule has 0 aliphatic rings. The number of rotatable bonds is 4. The van der Waals surface area contributed by atoms with Crippen molar-refractivity contribution in [1.29, 1.82) is 0 Å². The van der Waals surface area contributed by atoms with E-state index in [4.69, 9.17) is 0 Å². The second-order valence-corrected chi connectivity index (χ2v) is 5.17. The van der Waals surface area contributed by atoms with Crippen LogP contribution in [0.2, 0.25) is 0 Å². The Morgan fingerprint density at radius 1 is 1.00 bits per heavy atom. The molecule has 0 aliphatic heterocycles. The Kier molecular flexibility index (Phi) is 3.73. The number of nitrogens with zero attached hydrogens (tertiary/aromatic N) is 1. The highest BCUT2D eigenvalue weighted by atomic mass is 16.3. The number of fused-ring (bicyclic) bond motifs is 1. The average Bonchev–Trinajstić information content (AvgIpc) is 2.50. The van der Waals surface area contributed by atoms with Gasteiger partial charge in [-0.15, -0.1) is 0 Å². The van der Waals surface area contributed by atoms with Crippen molar-refractivity contribution in [2.75, 3.05) is 0 Å². The minimum absolute atomic E-state index is 0.000520. The van der Waals surface area contributed by atoms with E-state index in [1.54, 1.807) is 29.0 Å². The van der Waals surface area contributed by atoms with E-state index in [0.717, 1.165) is 18.2 Å². The van der Waals surface area contributed by atoms with Crippen molar-refractivity contribution >= 4 is 10.8 Å². The first-order valence-corrected chi connectivity index (χ1v) is 7.10. The number of aryl methyl sites for hydroxylation is 2. The van der Waals surface area contributed by atoms with Crippen LogP contribution in [0.5, 0.6) is 5.75 Å². The molecule has 0 atom stereocenters. The summed E-state index contributed by atoms with van der Waals surface area (Å²) in [4.78, 5) is 12.4. The number of pyridine rings is 1. The van der Waals surface area contributed by atoms with Crippen LogP contribution in [0, 0.1) is 0 Å². The van der Waals surface area contributed by atoms with Gasteiger partial charge in [0.1, 0.15) is 5.75 Å². The number of aromatic nitrogens is 1. The summed E-state index contributed by atoms with van der Waals surface area (Å²) in [7, 11) is 0. The predicted molar refractivity (Wildman–Crippen MR) is 84.6 cm³/mol. The zero-order valence-electron chi connectivity index (χ0n) is 11.7. The molecule has 0 aliphatic carbocycles. The highest BCUT2D eigenvalue weighted by Crippen LogP contribution is 2.16. The molecule has 2 aromatic carbocycles. The van der Waals surface area contributed by atoms with Crippen molar-refractivity contribution < 1.29 is 5.11 Å². The highest BCUT2D eigenvalue weighted by molar-refractivity contribution is 5.82. The molecule has 0 spiro atoms. The van der Waals surface area contributed by atoms with Gasteiger partial charge < -0.3 is 9.67 Å². The molecule has 0 saturated heterocycles. The summed E-state index contributed by atoms with van der Waals surface area (Å²) in [5.74, 6) is 0.184. The lowest BCUT2D eigenvalue weighted by molar-refractivity contribution is 0.476.